The van der Waals surface area contributed by atoms with Crippen LogP contribution in [0.3, 0.4) is 0 Å². The summed E-state index contributed by atoms with van der Waals surface area (Å²) >= 11 is 3.97. The number of hydrogen-bond donors (Lipinski definition) is 2. The predicted octanol–water partition coefficient (Wildman–Crippen LogP) is 1.73. The molecule has 1 rings (SSSR count). The fourth-order valence-corrected chi connectivity index (χ4v) is 1.37. The van der Waals surface area contributed by atoms with Gasteiger partial charge in [-0.1, -0.05) is 0 Å². The van der Waals surface area contributed by atoms with Crippen molar-refractivity contribution in [3.63, 3.8) is 0 Å². The van der Waals surface area contributed by atoms with Crippen LogP contribution in [0.5, 0.6) is 5.75 Å². The SMILES string of the molecule is CCOC(=O)c1c(C#N)ccc(O)c1S. The number of phenolic OH excluding ortho intramolecular Hbond substituents is 1. The average molecular weight is 223 g/mol. The number of phenols is 1. The molecular weight excluding hydrogens is 214 g/mol. The number of ether oxygens (including phenoxy) is 1. The number of benzene rings is 1. The first-order chi connectivity index (χ1) is 7.11. The van der Waals surface area contributed by atoms with Gasteiger partial charge in [0.25, 0.3) is 0 Å². The quantitative estimate of drug-likeness (QED) is 0.591. The van der Waals surface area contributed by atoms with E-state index in [9.17, 15) is 9.90 Å². The molecule has 1 aromatic carbocycles. The molecule has 5 heteroatoms. The van der Waals surface area contributed by atoms with Crippen molar-refractivity contribution in [3.05, 3.63) is 23.3 Å². The predicted molar refractivity (Wildman–Crippen MR) is 56.0 cm³/mol. The maximum Gasteiger partial charge on any atom is 0.340 e. The number of hydrogen-bond acceptors (Lipinski definition) is 5. The number of nitrogens with zero attached hydrogens (tertiary/aromatic N) is 1. The third-order valence-corrected chi connectivity index (χ3v) is 2.21. The Morgan fingerprint density at radius 3 is 2.87 bits per heavy atom. The van der Waals surface area contributed by atoms with Gasteiger partial charge in [-0.05, 0) is 19.1 Å². The highest BCUT2D eigenvalue weighted by atomic mass is 32.1. The Labute approximate surface area is 92.5 Å². The summed E-state index contributed by atoms with van der Waals surface area (Å²) in [5.74, 6) is -0.810. The smallest absolute Gasteiger partial charge is 0.340 e. The fourth-order valence-electron chi connectivity index (χ4n) is 1.08. The molecule has 0 aliphatic heterocycles. The van der Waals surface area contributed by atoms with Gasteiger partial charge in [0.1, 0.15) is 11.8 Å². The Morgan fingerprint density at radius 2 is 2.33 bits per heavy atom. The lowest BCUT2D eigenvalue weighted by Crippen LogP contribution is -2.08. The topological polar surface area (TPSA) is 70.3 Å². The van der Waals surface area contributed by atoms with Gasteiger partial charge < -0.3 is 9.84 Å². The van der Waals surface area contributed by atoms with Crippen LogP contribution >= 0.6 is 12.6 Å². The zero-order valence-corrected chi connectivity index (χ0v) is 8.91. The minimum absolute atomic E-state index is 0.00248. The number of thiol groups is 1. The number of carbonyl (C=O) groups excluding carboxylic acids is 1. The van der Waals surface area contributed by atoms with Gasteiger partial charge in [0.2, 0.25) is 0 Å². The lowest BCUT2D eigenvalue weighted by Gasteiger charge is -2.07. The maximum absolute atomic E-state index is 11.5. The second-order valence-electron chi connectivity index (χ2n) is 2.69. The zero-order chi connectivity index (χ0) is 11.4. The summed E-state index contributed by atoms with van der Waals surface area (Å²) < 4.78 is 4.76. The third kappa shape index (κ3) is 2.22. The highest BCUT2D eigenvalue weighted by Gasteiger charge is 2.18. The molecule has 0 amide bonds. The van der Waals surface area contributed by atoms with Crippen LogP contribution in [0.2, 0.25) is 0 Å². The van der Waals surface area contributed by atoms with Gasteiger partial charge in [0.15, 0.2) is 0 Å². The molecule has 0 spiro atoms. The summed E-state index contributed by atoms with van der Waals surface area (Å²) in [5.41, 5.74) is 0.138. The van der Waals surface area contributed by atoms with Crippen molar-refractivity contribution in [1.29, 1.82) is 5.26 Å². The molecule has 0 radical (unpaired) electrons. The highest BCUT2D eigenvalue weighted by molar-refractivity contribution is 7.80. The molecule has 0 saturated carbocycles. The number of nitriles is 1. The van der Waals surface area contributed by atoms with Crippen LogP contribution in [-0.2, 0) is 4.74 Å². The molecule has 0 atom stereocenters. The van der Waals surface area contributed by atoms with Gasteiger partial charge in [-0.25, -0.2) is 4.79 Å². The summed E-state index contributed by atoms with van der Waals surface area (Å²) in [7, 11) is 0. The van der Waals surface area contributed by atoms with Crippen molar-refractivity contribution in [1.82, 2.24) is 0 Å². The Morgan fingerprint density at radius 1 is 1.67 bits per heavy atom. The zero-order valence-electron chi connectivity index (χ0n) is 8.02. The minimum atomic E-state index is -0.657. The van der Waals surface area contributed by atoms with E-state index in [0.29, 0.717) is 0 Å². The normalized spacial score (nSPS) is 9.40. The summed E-state index contributed by atoms with van der Waals surface area (Å²) in [6.07, 6.45) is 0. The number of rotatable bonds is 2. The van der Waals surface area contributed by atoms with E-state index in [0.717, 1.165) is 0 Å². The molecule has 4 nitrogen and oxygen atoms in total. The second kappa shape index (κ2) is 4.71. The molecule has 1 N–H and O–H groups in total. The van der Waals surface area contributed by atoms with E-state index in [1.165, 1.54) is 12.1 Å². The van der Waals surface area contributed by atoms with Gasteiger partial charge in [-0.3, -0.25) is 0 Å². The van der Waals surface area contributed by atoms with Gasteiger partial charge in [0.05, 0.1) is 22.6 Å². The van der Waals surface area contributed by atoms with Crippen LogP contribution in [0, 0.1) is 11.3 Å². The lowest BCUT2D eigenvalue weighted by molar-refractivity contribution is 0.0521. The molecule has 0 bridgehead atoms. The first-order valence-electron chi connectivity index (χ1n) is 4.24. The first-order valence-corrected chi connectivity index (χ1v) is 4.68. The van der Waals surface area contributed by atoms with Crippen LogP contribution in [0.1, 0.15) is 22.8 Å². The van der Waals surface area contributed by atoms with E-state index in [2.05, 4.69) is 12.6 Å². The van der Waals surface area contributed by atoms with Gasteiger partial charge in [-0.15, -0.1) is 12.6 Å². The molecule has 1 aromatic rings. The molecule has 0 aromatic heterocycles. The number of aromatic hydroxyl groups is 1. The first kappa shape index (κ1) is 11.4. The molecule has 0 saturated heterocycles. The maximum atomic E-state index is 11.5. The second-order valence-corrected chi connectivity index (χ2v) is 3.14. The van der Waals surface area contributed by atoms with Gasteiger partial charge in [-0.2, -0.15) is 5.26 Å². The van der Waals surface area contributed by atoms with Crippen molar-refractivity contribution in [2.24, 2.45) is 0 Å². The molecule has 0 fully saturated rings. The molecule has 0 heterocycles. The van der Waals surface area contributed by atoms with Crippen molar-refractivity contribution in [2.45, 2.75) is 11.8 Å². The third-order valence-electron chi connectivity index (χ3n) is 1.76. The molecule has 78 valence electrons. The van der Waals surface area contributed by atoms with Crippen molar-refractivity contribution < 1.29 is 14.6 Å². The minimum Gasteiger partial charge on any atom is -0.507 e. The molecule has 15 heavy (non-hydrogen) atoms. The van der Waals surface area contributed by atoms with Gasteiger partial charge in [0, 0.05) is 0 Å². The monoisotopic (exact) mass is 223 g/mol. The molecule has 0 unspecified atom stereocenters. The Bertz CT molecular complexity index is 437. The van der Waals surface area contributed by atoms with E-state index in [-0.39, 0.29) is 28.4 Å². The molecule has 0 aliphatic carbocycles. The summed E-state index contributed by atoms with van der Waals surface area (Å²) in [6, 6.07) is 4.50. The van der Waals surface area contributed by atoms with E-state index < -0.39 is 5.97 Å². The summed E-state index contributed by atoms with van der Waals surface area (Å²) in [4.78, 5) is 11.5. The highest BCUT2D eigenvalue weighted by Crippen LogP contribution is 2.28. The largest absolute Gasteiger partial charge is 0.507 e. The van der Waals surface area contributed by atoms with E-state index in [4.69, 9.17) is 10.00 Å². The van der Waals surface area contributed by atoms with E-state index in [1.807, 2.05) is 6.07 Å². The Balaban J connectivity index is 3.31. The number of esters is 1. The van der Waals surface area contributed by atoms with E-state index >= 15 is 0 Å². The summed E-state index contributed by atoms with van der Waals surface area (Å²) in [5, 5.41) is 18.1. The standard InChI is InChI=1S/C10H9NO3S/c1-2-14-10(13)8-6(5-11)3-4-7(12)9(8)15/h3-4,12,15H,2H2,1H3. The summed E-state index contributed by atoms with van der Waals surface area (Å²) in [6.45, 7) is 1.86. The number of carbonyl (C=O) groups is 1. The average Bonchev–Trinajstić information content (AvgIpc) is 2.22. The van der Waals surface area contributed by atoms with Crippen molar-refractivity contribution in [3.8, 4) is 11.8 Å². The fraction of sp³-hybridized carbons (Fsp3) is 0.200. The molecule has 0 aliphatic rings. The Hall–Kier alpha value is -1.67. The van der Waals surface area contributed by atoms with Crippen molar-refractivity contribution >= 4 is 18.6 Å². The Kier molecular flexibility index (Phi) is 3.58. The van der Waals surface area contributed by atoms with E-state index in [1.54, 1.807) is 6.92 Å². The lowest BCUT2D eigenvalue weighted by atomic mass is 10.1. The van der Waals surface area contributed by atoms with Crippen molar-refractivity contribution in [2.75, 3.05) is 6.61 Å². The van der Waals surface area contributed by atoms with Crippen LogP contribution in [-0.4, -0.2) is 17.7 Å². The molecular formula is C10H9NO3S. The van der Waals surface area contributed by atoms with Crippen LogP contribution in [0.25, 0.3) is 0 Å². The van der Waals surface area contributed by atoms with Gasteiger partial charge >= 0.3 is 5.97 Å². The van der Waals surface area contributed by atoms with Crippen LogP contribution in [0.15, 0.2) is 17.0 Å². The van der Waals surface area contributed by atoms with Crippen LogP contribution in [0.4, 0.5) is 0 Å². The van der Waals surface area contributed by atoms with Crippen LogP contribution < -0.4 is 0 Å².